The molecule has 5 nitrogen and oxygen atoms in total. The number of carbonyl (C=O) groups is 1. The monoisotopic (exact) mass is 497 g/mol. The van der Waals surface area contributed by atoms with Crippen LogP contribution in [0.3, 0.4) is 0 Å². The molecule has 0 radical (unpaired) electrons. The highest BCUT2D eigenvalue weighted by Crippen LogP contribution is 2.28. The summed E-state index contributed by atoms with van der Waals surface area (Å²) in [5, 5.41) is 2.97. The zero-order valence-electron chi connectivity index (χ0n) is 23.0. The number of pyridine rings is 1. The molecule has 1 aromatic carbocycles. The topological polar surface area (TPSA) is 51.4 Å². The third kappa shape index (κ3) is 11.9. The van der Waals surface area contributed by atoms with Gasteiger partial charge in [0.2, 0.25) is 0 Å². The highest BCUT2D eigenvalue weighted by atomic mass is 16.5. The Morgan fingerprint density at radius 3 is 2.00 bits per heavy atom. The van der Waals surface area contributed by atoms with Gasteiger partial charge in [0.05, 0.1) is 13.7 Å². The number of rotatable bonds is 20. The molecule has 0 aliphatic carbocycles. The molecule has 0 fully saturated rings. The van der Waals surface area contributed by atoms with E-state index in [2.05, 4.69) is 12.2 Å². The summed E-state index contributed by atoms with van der Waals surface area (Å²) in [6, 6.07) is 11.4. The lowest BCUT2D eigenvalue weighted by molar-refractivity contribution is -0.673. The fourth-order valence-corrected chi connectivity index (χ4v) is 4.45. The molecule has 0 aliphatic heterocycles. The lowest BCUT2D eigenvalue weighted by Gasteiger charge is -2.12. The van der Waals surface area contributed by atoms with Crippen molar-refractivity contribution in [2.75, 3.05) is 13.7 Å². The first-order chi connectivity index (χ1) is 17.7. The maximum atomic E-state index is 12.4. The van der Waals surface area contributed by atoms with Gasteiger partial charge in [-0.3, -0.25) is 4.79 Å². The number of nitrogens with one attached hydrogen (secondary N) is 1. The Bertz CT molecular complexity index is 869. The number of hydrogen-bond donors (Lipinski definition) is 1. The van der Waals surface area contributed by atoms with Crippen LogP contribution in [0.15, 0.2) is 42.6 Å². The predicted octanol–water partition coefficient (Wildman–Crippen LogP) is 7.31. The van der Waals surface area contributed by atoms with E-state index in [9.17, 15) is 4.79 Å². The van der Waals surface area contributed by atoms with Crippen LogP contribution in [-0.4, -0.2) is 19.6 Å². The van der Waals surface area contributed by atoms with Crippen LogP contribution < -0.4 is 19.4 Å². The minimum atomic E-state index is -0.102. The van der Waals surface area contributed by atoms with Crippen molar-refractivity contribution in [2.45, 2.75) is 103 Å². The van der Waals surface area contributed by atoms with Gasteiger partial charge in [-0.25, -0.2) is 0 Å². The molecule has 0 saturated heterocycles. The predicted molar refractivity (Wildman–Crippen MR) is 148 cm³/mol. The average molecular weight is 498 g/mol. The molecule has 2 aromatic rings. The maximum Gasteiger partial charge on any atom is 0.316 e. The maximum absolute atomic E-state index is 12.4. The van der Waals surface area contributed by atoms with Crippen molar-refractivity contribution in [3.05, 3.63) is 53.9 Å². The summed E-state index contributed by atoms with van der Waals surface area (Å²) in [6.07, 6.45) is 20.8. The Hall–Kier alpha value is -2.56. The van der Waals surface area contributed by atoms with Crippen molar-refractivity contribution in [3.63, 3.8) is 0 Å². The van der Waals surface area contributed by atoms with Gasteiger partial charge in [-0.15, -0.1) is 0 Å². The summed E-state index contributed by atoms with van der Waals surface area (Å²) in [5.41, 5.74) is 1.60. The summed E-state index contributed by atoms with van der Waals surface area (Å²) in [7, 11) is 3.52. The van der Waals surface area contributed by atoms with E-state index in [1.807, 2.05) is 54.2 Å². The number of aromatic nitrogens is 1. The van der Waals surface area contributed by atoms with Gasteiger partial charge in [0.1, 0.15) is 7.05 Å². The number of ether oxygens (including phenoxy) is 2. The molecule has 1 N–H and O–H groups in total. The molecular weight excluding hydrogens is 448 g/mol. The smallest absolute Gasteiger partial charge is 0.316 e. The highest BCUT2D eigenvalue weighted by Gasteiger charge is 2.15. The second kappa shape index (κ2) is 18.7. The molecule has 200 valence electrons. The molecule has 0 saturated carbocycles. The number of methoxy groups -OCH3 is 1. The summed E-state index contributed by atoms with van der Waals surface area (Å²) in [5.74, 6) is 1.37. The van der Waals surface area contributed by atoms with Crippen molar-refractivity contribution in [1.29, 1.82) is 0 Å². The lowest BCUT2D eigenvalue weighted by Crippen LogP contribution is -2.40. The Kier molecular flexibility index (Phi) is 15.4. The second-order valence-electron chi connectivity index (χ2n) is 9.81. The third-order valence-corrected chi connectivity index (χ3v) is 6.72. The standard InChI is InChI=1S/C31H48N2O3/c1-4-5-6-7-8-9-10-11-12-13-14-15-16-19-24-36-29-22-21-27(25-30(29)35-3)26-32-31(34)28-20-17-18-23-33(28)2/h17-18,20-23,25H,4-16,19,24,26H2,1-3H3/p+1. The first-order valence-electron chi connectivity index (χ1n) is 14.2. The van der Waals surface area contributed by atoms with E-state index in [1.165, 1.54) is 83.5 Å². The van der Waals surface area contributed by atoms with E-state index in [0.29, 0.717) is 24.6 Å². The fourth-order valence-electron chi connectivity index (χ4n) is 4.45. The number of unbranched alkanes of at least 4 members (excludes halogenated alkanes) is 13. The van der Waals surface area contributed by atoms with Crippen LogP contribution in [0.4, 0.5) is 0 Å². The quantitative estimate of drug-likeness (QED) is 0.154. The summed E-state index contributed by atoms with van der Waals surface area (Å²) < 4.78 is 13.3. The molecule has 0 unspecified atom stereocenters. The van der Waals surface area contributed by atoms with Crippen LogP contribution in [0.5, 0.6) is 11.5 Å². The molecule has 1 heterocycles. The molecule has 36 heavy (non-hydrogen) atoms. The zero-order valence-corrected chi connectivity index (χ0v) is 23.0. The van der Waals surface area contributed by atoms with E-state index in [0.717, 1.165) is 17.7 Å². The Balaban J connectivity index is 1.55. The van der Waals surface area contributed by atoms with Crippen LogP contribution >= 0.6 is 0 Å². The first-order valence-corrected chi connectivity index (χ1v) is 14.2. The minimum Gasteiger partial charge on any atom is -0.493 e. The van der Waals surface area contributed by atoms with Gasteiger partial charge in [0.15, 0.2) is 17.7 Å². The molecule has 0 atom stereocenters. The zero-order chi connectivity index (χ0) is 25.8. The SMILES string of the molecule is CCCCCCCCCCCCCCCCOc1ccc(CNC(=O)c2cccc[n+]2C)cc1OC. The number of hydrogen-bond acceptors (Lipinski definition) is 3. The van der Waals surface area contributed by atoms with Crippen molar-refractivity contribution < 1.29 is 18.8 Å². The van der Waals surface area contributed by atoms with Crippen molar-refractivity contribution in [1.82, 2.24) is 5.32 Å². The number of amides is 1. The van der Waals surface area contributed by atoms with Gasteiger partial charge in [0.25, 0.3) is 5.69 Å². The first kappa shape index (κ1) is 29.7. The molecular formula is C31H49N2O3+. The van der Waals surface area contributed by atoms with Gasteiger partial charge in [0, 0.05) is 18.7 Å². The Morgan fingerprint density at radius 2 is 1.42 bits per heavy atom. The molecule has 1 aromatic heterocycles. The number of carbonyl (C=O) groups excluding carboxylic acids is 1. The summed E-state index contributed by atoms with van der Waals surface area (Å²) >= 11 is 0. The van der Waals surface area contributed by atoms with E-state index in [-0.39, 0.29) is 5.91 Å². The molecule has 1 amide bonds. The van der Waals surface area contributed by atoms with E-state index >= 15 is 0 Å². The van der Waals surface area contributed by atoms with Crippen LogP contribution in [0.2, 0.25) is 0 Å². The molecule has 0 bridgehead atoms. The summed E-state index contributed by atoms with van der Waals surface area (Å²) in [4.78, 5) is 12.4. The van der Waals surface area contributed by atoms with Crippen LogP contribution in [-0.2, 0) is 13.6 Å². The Morgan fingerprint density at radius 1 is 0.806 bits per heavy atom. The van der Waals surface area contributed by atoms with E-state index < -0.39 is 0 Å². The van der Waals surface area contributed by atoms with E-state index in [1.54, 1.807) is 7.11 Å². The van der Waals surface area contributed by atoms with Gasteiger partial charge in [-0.1, -0.05) is 96.5 Å². The summed E-state index contributed by atoms with van der Waals surface area (Å²) in [6.45, 7) is 3.42. The molecule has 2 rings (SSSR count). The van der Waals surface area contributed by atoms with Crippen molar-refractivity contribution in [3.8, 4) is 11.5 Å². The second-order valence-corrected chi connectivity index (χ2v) is 9.81. The largest absolute Gasteiger partial charge is 0.493 e. The van der Waals surface area contributed by atoms with Crippen LogP contribution in [0.25, 0.3) is 0 Å². The normalized spacial score (nSPS) is 10.9. The Labute approximate surface area is 219 Å². The van der Waals surface area contributed by atoms with Crippen molar-refractivity contribution in [2.24, 2.45) is 7.05 Å². The van der Waals surface area contributed by atoms with Gasteiger partial charge in [-0.2, -0.15) is 4.57 Å². The average Bonchev–Trinajstić information content (AvgIpc) is 2.90. The van der Waals surface area contributed by atoms with Crippen molar-refractivity contribution >= 4 is 5.91 Å². The number of nitrogens with zero attached hydrogens (tertiary/aromatic N) is 1. The van der Waals surface area contributed by atoms with E-state index in [4.69, 9.17) is 9.47 Å². The van der Waals surface area contributed by atoms with Crippen LogP contribution in [0.1, 0.15) is 113 Å². The lowest BCUT2D eigenvalue weighted by atomic mass is 10.0. The molecule has 0 spiro atoms. The van der Waals surface area contributed by atoms with Crippen LogP contribution in [0, 0.1) is 0 Å². The third-order valence-electron chi connectivity index (χ3n) is 6.72. The number of aryl methyl sites for hydroxylation is 1. The van der Waals surface area contributed by atoms with Gasteiger partial charge in [-0.05, 0) is 30.2 Å². The van der Waals surface area contributed by atoms with Gasteiger partial charge < -0.3 is 14.8 Å². The fraction of sp³-hybridized carbons (Fsp3) is 0.613. The molecule has 0 aliphatic rings. The highest BCUT2D eigenvalue weighted by molar-refractivity contribution is 5.90. The number of benzene rings is 1. The minimum absolute atomic E-state index is 0.102. The molecule has 5 heteroatoms. The van der Waals surface area contributed by atoms with Gasteiger partial charge >= 0.3 is 5.91 Å².